The molecule has 3 atom stereocenters. The minimum Gasteiger partial charge on any atom is -0.394 e. The van der Waals surface area contributed by atoms with Crippen LogP contribution in [0.15, 0.2) is 54.7 Å². The van der Waals surface area contributed by atoms with Crippen molar-refractivity contribution in [3.8, 4) is 0 Å². The number of aryl methyl sites for hydroxylation is 1. The molecule has 10 heteroatoms. The summed E-state index contributed by atoms with van der Waals surface area (Å²) in [7, 11) is 0. The molecular weight excluding hydrogens is 654 g/mol. The van der Waals surface area contributed by atoms with E-state index >= 15 is 0 Å². The third kappa shape index (κ3) is 9.64. The highest BCUT2D eigenvalue weighted by Gasteiger charge is 2.39. The molecule has 3 saturated heterocycles. The molecule has 3 amide bonds. The Balaban J connectivity index is 0.974. The molecule has 0 bridgehead atoms. The molecule has 0 saturated carbocycles. The summed E-state index contributed by atoms with van der Waals surface area (Å²) in [6.45, 7) is 11.6. The van der Waals surface area contributed by atoms with Crippen LogP contribution in [-0.2, 0) is 16.0 Å². The fourth-order valence-corrected chi connectivity index (χ4v) is 8.43. The van der Waals surface area contributed by atoms with Crippen molar-refractivity contribution in [2.75, 3.05) is 52.4 Å². The molecule has 52 heavy (non-hydrogen) atoms. The number of fused-ring (bicyclic) bond motifs is 1. The first-order valence-corrected chi connectivity index (χ1v) is 19.4. The van der Waals surface area contributed by atoms with E-state index in [0.29, 0.717) is 25.3 Å². The maximum atomic E-state index is 12.8. The van der Waals surface area contributed by atoms with Gasteiger partial charge in [0.25, 0.3) is 0 Å². The molecule has 3 fully saturated rings. The van der Waals surface area contributed by atoms with Gasteiger partial charge in [-0.2, -0.15) is 0 Å². The number of aromatic nitrogens is 1. The molecule has 282 valence electrons. The number of benzene rings is 2. The summed E-state index contributed by atoms with van der Waals surface area (Å²) < 4.78 is 8.33. The number of urea groups is 1. The molecule has 3 aliphatic rings. The average Bonchev–Trinajstić information content (AvgIpc) is 3.51. The van der Waals surface area contributed by atoms with Crippen LogP contribution in [0, 0.1) is 18.3 Å². The molecule has 2 unspecified atom stereocenters. The highest BCUT2D eigenvalue weighted by Crippen LogP contribution is 2.40. The predicted octanol–water partition coefficient (Wildman–Crippen LogP) is 5.63. The first-order chi connectivity index (χ1) is 25.1. The molecule has 10 nitrogen and oxygen atoms in total. The van der Waals surface area contributed by atoms with Crippen LogP contribution in [0.25, 0.3) is 17.0 Å². The number of hydrogen-bond acceptors (Lipinski definition) is 6. The van der Waals surface area contributed by atoms with E-state index in [-0.39, 0.29) is 42.8 Å². The lowest BCUT2D eigenvalue weighted by atomic mass is 9.72. The Morgan fingerprint density at radius 3 is 2.58 bits per heavy atom. The second-order valence-electron chi connectivity index (χ2n) is 15.9. The zero-order valence-corrected chi connectivity index (χ0v) is 31.4. The quantitative estimate of drug-likeness (QED) is 0.193. The Hall–Kier alpha value is -3.70. The number of aliphatic hydroxyl groups excluding tert-OH is 2. The minimum absolute atomic E-state index is 0.00644. The summed E-state index contributed by atoms with van der Waals surface area (Å²) in [4.78, 5) is 29.3. The van der Waals surface area contributed by atoms with Crippen molar-refractivity contribution in [3.63, 3.8) is 0 Å². The van der Waals surface area contributed by atoms with Gasteiger partial charge in [-0.25, -0.2) is 4.79 Å². The number of nitrogens with zero attached hydrogens (tertiary/aromatic N) is 3. The lowest BCUT2D eigenvalue weighted by Crippen LogP contribution is -2.52. The first kappa shape index (κ1) is 38.0. The van der Waals surface area contributed by atoms with Crippen molar-refractivity contribution >= 4 is 28.9 Å². The number of ether oxygens (including phenoxy) is 1. The summed E-state index contributed by atoms with van der Waals surface area (Å²) in [6, 6.07) is 14.9. The smallest absolute Gasteiger partial charge is 0.315 e. The van der Waals surface area contributed by atoms with Crippen LogP contribution in [-0.4, -0.2) is 101 Å². The maximum Gasteiger partial charge on any atom is 0.315 e. The number of piperidine rings is 2. The number of nitrogens with one attached hydrogen (secondary N) is 2. The van der Waals surface area contributed by atoms with Gasteiger partial charge >= 0.3 is 6.03 Å². The molecule has 4 heterocycles. The van der Waals surface area contributed by atoms with Crippen molar-refractivity contribution in [1.29, 1.82) is 0 Å². The number of carbonyl (C=O) groups is 2. The molecule has 6 rings (SSSR count). The van der Waals surface area contributed by atoms with Crippen LogP contribution in [0.2, 0.25) is 0 Å². The van der Waals surface area contributed by atoms with Crippen molar-refractivity contribution in [2.45, 2.75) is 90.6 Å². The van der Waals surface area contributed by atoms with E-state index in [9.17, 15) is 19.8 Å². The van der Waals surface area contributed by atoms with Gasteiger partial charge in [-0.15, -0.1) is 0 Å². The lowest BCUT2D eigenvalue weighted by molar-refractivity contribution is -0.140. The van der Waals surface area contributed by atoms with Gasteiger partial charge < -0.3 is 40.0 Å². The summed E-state index contributed by atoms with van der Waals surface area (Å²) in [5, 5.41) is 26.9. The van der Waals surface area contributed by atoms with E-state index in [2.05, 4.69) is 87.8 Å². The second-order valence-corrected chi connectivity index (χ2v) is 15.9. The molecule has 2 aromatic carbocycles. The molecule has 4 N–H and O–H groups in total. The number of aliphatic hydroxyl groups is 2. The van der Waals surface area contributed by atoms with E-state index in [1.54, 1.807) is 0 Å². The van der Waals surface area contributed by atoms with Crippen LogP contribution < -0.4 is 10.6 Å². The summed E-state index contributed by atoms with van der Waals surface area (Å²) in [5.74, 6) is 0.377. The first-order valence-electron chi connectivity index (χ1n) is 19.4. The highest BCUT2D eigenvalue weighted by molar-refractivity contribution is 5.87. The van der Waals surface area contributed by atoms with Crippen LogP contribution in [0.1, 0.15) is 87.3 Å². The normalized spacial score (nSPS) is 22.4. The third-order valence-electron chi connectivity index (χ3n) is 11.3. The Morgan fingerprint density at radius 1 is 1.04 bits per heavy atom. The fourth-order valence-electron chi connectivity index (χ4n) is 8.43. The van der Waals surface area contributed by atoms with Crippen LogP contribution >= 0.6 is 0 Å². The highest BCUT2D eigenvalue weighted by atomic mass is 16.5. The minimum atomic E-state index is -0.494. The second kappa shape index (κ2) is 17.4. The number of carbonyl (C=O) groups excluding carboxylic acids is 2. The third-order valence-corrected chi connectivity index (χ3v) is 11.3. The van der Waals surface area contributed by atoms with Gasteiger partial charge in [-0.1, -0.05) is 62.4 Å². The van der Waals surface area contributed by atoms with E-state index in [0.717, 1.165) is 63.9 Å². The van der Waals surface area contributed by atoms with Gasteiger partial charge in [-0.3, -0.25) is 4.79 Å². The number of hydrogen-bond donors (Lipinski definition) is 4. The molecule has 1 spiro atoms. The predicted molar refractivity (Wildman–Crippen MR) is 206 cm³/mol. The maximum absolute atomic E-state index is 12.8. The van der Waals surface area contributed by atoms with Crippen molar-refractivity contribution in [1.82, 2.24) is 25.0 Å². The monoisotopic (exact) mass is 713 g/mol. The molecule has 0 radical (unpaired) electrons. The summed E-state index contributed by atoms with van der Waals surface area (Å²) in [5.41, 5.74) is 6.27. The van der Waals surface area contributed by atoms with E-state index in [1.807, 2.05) is 18.7 Å². The summed E-state index contributed by atoms with van der Waals surface area (Å²) in [6.07, 6.45) is 12.8. The van der Waals surface area contributed by atoms with Crippen molar-refractivity contribution in [3.05, 3.63) is 77.0 Å². The Bertz CT molecular complexity index is 1680. The Labute approximate surface area is 309 Å². The average molecular weight is 714 g/mol. The number of amides is 3. The van der Waals surface area contributed by atoms with Gasteiger partial charge in [0.1, 0.15) is 6.23 Å². The number of likely N-dealkylation sites (tertiary alicyclic amines) is 2. The largest absolute Gasteiger partial charge is 0.394 e. The fraction of sp³-hybridized carbons (Fsp3) is 0.571. The topological polar surface area (TPSA) is 119 Å². The zero-order valence-electron chi connectivity index (χ0n) is 31.4. The Morgan fingerprint density at radius 2 is 1.83 bits per heavy atom. The standard InChI is InChI=1S/C42H59N5O5/c1-30(2)25-43-41(51)44-26-38(50)46-20-16-42(17-21-46)15-7-19-45(29-42)18-5-4-9-32-11-13-33(14-12-32)22-34-27-47(37-10-6-8-31(3)40(34)37)39-24-35(49)23-36(28-48)52-39/h4,6,8-14,27,30,35-36,39,48-49H,5,7,15-26,28-29H2,1-3H3,(H2,43,44,51)/b9-4+/t35?,36?,39-/m1/s1. The number of rotatable bonds is 12. The van der Waals surface area contributed by atoms with Crippen LogP contribution in [0.5, 0.6) is 0 Å². The van der Waals surface area contributed by atoms with Crippen LogP contribution in [0.4, 0.5) is 4.79 Å². The van der Waals surface area contributed by atoms with Gasteiger partial charge in [0.2, 0.25) is 5.91 Å². The SMILES string of the molecule is Cc1cccc2c1c(Cc1ccc(/C=C/CCN3CCCC4(CCN(C(=O)CNC(=O)NCC(C)C)CC4)C3)cc1)cn2[C@H]1CC(O)CC(CO)O1. The van der Waals surface area contributed by atoms with Crippen molar-refractivity contribution in [2.24, 2.45) is 11.3 Å². The van der Waals surface area contributed by atoms with E-state index in [1.165, 1.54) is 40.5 Å². The molecule has 0 aliphatic carbocycles. The van der Waals surface area contributed by atoms with Gasteiger partial charge in [0.15, 0.2) is 0 Å². The molecule has 3 aliphatic heterocycles. The molecule has 1 aromatic heterocycles. The lowest BCUT2D eigenvalue weighted by Gasteiger charge is -2.47. The van der Waals surface area contributed by atoms with Gasteiger partial charge in [0.05, 0.1) is 30.9 Å². The molecular formula is C42H59N5O5. The van der Waals surface area contributed by atoms with E-state index in [4.69, 9.17) is 4.74 Å². The van der Waals surface area contributed by atoms with Gasteiger partial charge in [-0.05, 0) is 91.6 Å². The zero-order chi connectivity index (χ0) is 36.7. The molecule has 3 aromatic rings. The Kier molecular flexibility index (Phi) is 12.7. The van der Waals surface area contributed by atoms with Crippen LogP contribution in [0.3, 0.4) is 0 Å². The van der Waals surface area contributed by atoms with Crippen molar-refractivity contribution < 1.29 is 24.5 Å². The van der Waals surface area contributed by atoms with E-state index < -0.39 is 6.10 Å². The summed E-state index contributed by atoms with van der Waals surface area (Å²) >= 11 is 0. The van der Waals surface area contributed by atoms with Gasteiger partial charge in [0, 0.05) is 57.1 Å².